The maximum atomic E-state index is 11.3. The minimum Gasteiger partial charge on any atom is -0.366 e. The van der Waals surface area contributed by atoms with Crippen LogP contribution >= 0.6 is 0 Å². The zero-order valence-corrected chi connectivity index (χ0v) is 14.7. The van der Waals surface area contributed by atoms with Crippen molar-refractivity contribution >= 4 is 23.1 Å². The van der Waals surface area contributed by atoms with E-state index in [4.69, 9.17) is 0 Å². The summed E-state index contributed by atoms with van der Waals surface area (Å²) in [5.74, 6) is 0.397. The molecule has 1 heterocycles. The van der Waals surface area contributed by atoms with Gasteiger partial charge in [0, 0.05) is 30.8 Å². The predicted molar refractivity (Wildman–Crippen MR) is 104 cm³/mol. The van der Waals surface area contributed by atoms with Crippen molar-refractivity contribution in [3.8, 4) is 11.3 Å². The summed E-state index contributed by atoms with van der Waals surface area (Å²) in [4.78, 5) is 26.5. The van der Waals surface area contributed by atoms with Crippen molar-refractivity contribution < 1.29 is 9.72 Å². The van der Waals surface area contributed by atoms with Crippen molar-refractivity contribution in [1.29, 1.82) is 0 Å². The van der Waals surface area contributed by atoms with E-state index in [-0.39, 0.29) is 11.6 Å². The summed E-state index contributed by atoms with van der Waals surface area (Å²) in [6.45, 7) is 1.92. The van der Waals surface area contributed by atoms with E-state index < -0.39 is 4.92 Å². The zero-order chi connectivity index (χ0) is 19.2. The molecule has 1 aromatic heterocycles. The maximum absolute atomic E-state index is 11.3. The number of hydrogen-bond donors (Lipinski definition) is 2. The number of nitro groups is 1. The van der Waals surface area contributed by atoms with E-state index in [0.717, 1.165) is 5.56 Å². The van der Waals surface area contributed by atoms with E-state index in [0.29, 0.717) is 29.3 Å². The third-order valence-electron chi connectivity index (χ3n) is 3.84. The Balaban J connectivity index is 1.82. The molecule has 0 atom stereocenters. The average Bonchev–Trinajstić information content (AvgIpc) is 2.66. The van der Waals surface area contributed by atoms with Crippen LogP contribution in [0, 0.1) is 10.1 Å². The smallest absolute Gasteiger partial charge is 0.295 e. The molecule has 0 aliphatic heterocycles. The van der Waals surface area contributed by atoms with E-state index in [1.54, 1.807) is 18.2 Å². The lowest BCUT2D eigenvalue weighted by atomic mass is 10.1. The molecule has 0 spiro atoms. The molecule has 0 fully saturated rings. The summed E-state index contributed by atoms with van der Waals surface area (Å²) in [5.41, 5.74) is 2.61. The first-order valence-corrected chi connectivity index (χ1v) is 8.34. The van der Waals surface area contributed by atoms with Gasteiger partial charge in [-0.25, -0.2) is 4.98 Å². The average molecular weight is 362 g/mol. The van der Waals surface area contributed by atoms with Gasteiger partial charge in [-0.3, -0.25) is 14.9 Å². The van der Waals surface area contributed by atoms with Crippen LogP contribution in [0.3, 0.4) is 0 Å². The zero-order valence-electron chi connectivity index (χ0n) is 14.7. The number of rotatable bonds is 6. The number of carbonyl (C=O) groups is 1. The second-order valence-electron chi connectivity index (χ2n) is 5.92. The van der Waals surface area contributed by atoms with Crippen molar-refractivity contribution in [1.82, 2.24) is 4.98 Å². The molecule has 1 amide bonds. The molecule has 7 heteroatoms. The molecule has 3 aromatic rings. The molecule has 0 saturated heterocycles. The number of amides is 1. The highest BCUT2D eigenvalue weighted by molar-refractivity contribution is 5.88. The fraction of sp³-hybridized carbons (Fsp3) is 0.100. The van der Waals surface area contributed by atoms with Gasteiger partial charge in [0.25, 0.3) is 5.69 Å². The standard InChI is InChI=1S/C20H18N4O3/c1-14(25)22-17-9-5-6-15(12-17)13-21-19-11-10-18(24(26)27)20(23-19)16-7-3-2-4-8-16/h2-12H,13H2,1H3,(H,21,23)(H,22,25). The van der Waals surface area contributed by atoms with Crippen LogP contribution in [0.15, 0.2) is 66.7 Å². The molecule has 2 N–H and O–H groups in total. The van der Waals surface area contributed by atoms with Crippen LogP contribution in [-0.4, -0.2) is 15.8 Å². The van der Waals surface area contributed by atoms with Crippen LogP contribution in [0.5, 0.6) is 0 Å². The van der Waals surface area contributed by atoms with Gasteiger partial charge in [0.2, 0.25) is 5.91 Å². The molecule has 0 saturated carbocycles. The number of carbonyl (C=O) groups excluding carboxylic acids is 1. The summed E-state index contributed by atoms with van der Waals surface area (Å²) < 4.78 is 0. The minimum absolute atomic E-state index is 0.0422. The minimum atomic E-state index is -0.435. The Hall–Kier alpha value is -3.74. The Morgan fingerprint density at radius 2 is 1.85 bits per heavy atom. The molecule has 0 bridgehead atoms. The lowest BCUT2D eigenvalue weighted by Crippen LogP contribution is -2.07. The number of anilines is 2. The molecule has 3 rings (SSSR count). The van der Waals surface area contributed by atoms with E-state index in [1.807, 2.05) is 42.5 Å². The van der Waals surface area contributed by atoms with Crippen molar-refractivity contribution in [3.05, 3.63) is 82.4 Å². The first-order valence-electron chi connectivity index (χ1n) is 8.34. The van der Waals surface area contributed by atoms with Crippen molar-refractivity contribution in [3.63, 3.8) is 0 Å². The number of aromatic nitrogens is 1. The third kappa shape index (κ3) is 4.66. The first kappa shape index (κ1) is 18.1. The highest BCUT2D eigenvalue weighted by Crippen LogP contribution is 2.29. The monoisotopic (exact) mass is 362 g/mol. The van der Waals surface area contributed by atoms with Crippen LogP contribution in [0.2, 0.25) is 0 Å². The number of nitrogens with one attached hydrogen (secondary N) is 2. The first-order chi connectivity index (χ1) is 13.0. The van der Waals surface area contributed by atoms with Gasteiger partial charge in [-0.1, -0.05) is 42.5 Å². The molecule has 7 nitrogen and oxygen atoms in total. The lowest BCUT2D eigenvalue weighted by molar-refractivity contribution is -0.384. The SMILES string of the molecule is CC(=O)Nc1cccc(CNc2ccc([N+](=O)[O-])c(-c3ccccc3)n2)c1. The van der Waals surface area contributed by atoms with Crippen molar-refractivity contribution in [2.24, 2.45) is 0 Å². The van der Waals surface area contributed by atoms with Crippen molar-refractivity contribution in [2.45, 2.75) is 13.5 Å². The van der Waals surface area contributed by atoms with Gasteiger partial charge < -0.3 is 10.6 Å². The largest absolute Gasteiger partial charge is 0.366 e. The summed E-state index contributed by atoms with van der Waals surface area (Å²) >= 11 is 0. The summed E-state index contributed by atoms with van der Waals surface area (Å²) in [6.07, 6.45) is 0. The Bertz CT molecular complexity index is 974. The van der Waals surface area contributed by atoms with Crippen LogP contribution < -0.4 is 10.6 Å². The van der Waals surface area contributed by atoms with E-state index in [1.165, 1.54) is 13.0 Å². The van der Waals surface area contributed by atoms with Gasteiger partial charge in [0.15, 0.2) is 5.69 Å². The number of benzene rings is 2. The Labute approximate surface area is 156 Å². The topological polar surface area (TPSA) is 97.2 Å². The quantitative estimate of drug-likeness (QED) is 0.505. The van der Waals surface area contributed by atoms with E-state index in [2.05, 4.69) is 15.6 Å². The second-order valence-corrected chi connectivity index (χ2v) is 5.92. The van der Waals surface area contributed by atoms with Gasteiger partial charge >= 0.3 is 0 Å². The molecule has 136 valence electrons. The molecule has 0 radical (unpaired) electrons. The summed E-state index contributed by atoms with van der Waals surface area (Å²) in [6, 6.07) is 19.5. The Morgan fingerprint density at radius 3 is 2.56 bits per heavy atom. The summed E-state index contributed by atoms with van der Waals surface area (Å²) in [5, 5.41) is 17.2. The maximum Gasteiger partial charge on any atom is 0.295 e. The number of hydrogen-bond acceptors (Lipinski definition) is 5. The van der Waals surface area contributed by atoms with Gasteiger partial charge in [-0.05, 0) is 23.8 Å². The Kier molecular flexibility index (Phi) is 5.41. The van der Waals surface area contributed by atoms with Crippen LogP contribution in [0.4, 0.5) is 17.2 Å². The van der Waals surface area contributed by atoms with Gasteiger partial charge in [0.1, 0.15) is 5.82 Å². The molecule has 0 unspecified atom stereocenters. The van der Waals surface area contributed by atoms with Gasteiger partial charge in [-0.15, -0.1) is 0 Å². The van der Waals surface area contributed by atoms with Gasteiger partial charge in [0.05, 0.1) is 4.92 Å². The van der Waals surface area contributed by atoms with Gasteiger partial charge in [-0.2, -0.15) is 0 Å². The van der Waals surface area contributed by atoms with E-state index >= 15 is 0 Å². The van der Waals surface area contributed by atoms with E-state index in [9.17, 15) is 14.9 Å². The fourth-order valence-electron chi connectivity index (χ4n) is 2.66. The predicted octanol–water partition coefficient (Wildman–Crippen LogP) is 4.23. The molecular formula is C20H18N4O3. The van der Waals surface area contributed by atoms with Crippen LogP contribution in [0.1, 0.15) is 12.5 Å². The fourth-order valence-corrected chi connectivity index (χ4v) is 2.66. The molecule has 0 aliphatic carbocycles. The normalized spacial score (nSPS) is 10.3. The Morgan fingerprint density at radius 1 is 1.07 bits per heavy atom. The molecule has 27 heavy (non-hydrogen) atoms. The van der Waals surface area contributed by atoms with Crippen molar-refractivity contribution in [2.75, 3.05) is 10.6 Å². The van der Waals surface area contributed by atoms with Crippen LogP contribution in [-0.2, 0) is 11.3 Å². The number of nitrogens with zero attached hydrogens (tertiary/aromatic N) is 2. The number of pyridine rings is 1. The second kappa shape index (κ2) is 8.09. The highest BCUT2D eigenvalue weighted by atomic mass is 16.6. The molecular weight excluding hydrogens is 344 g/mol. The third-order valence-corrected chi connectivity index (χ3v) is 3.84. The highest BCUT2D eigenvalue weighted by Gasteiger charge is 2.17. The van der Waals surface area contributed by atoms with Crippen LogP contribution in [0.25, 0.3) is 11.3 Å². The summed E-state index contributed by atoms with van der Waals surface area (Å²) in [7, 11) is 0. The molecule has 2 aromatic carbocycles. The molecule has 0 aliphatic rings. The lowest BCUT2D eigenvalue weighted by Gasteiger charge is -2.10.